The maximum Gasteiger partial charge on any atom is 0.339 e. The van der Waals surface area contributed by atoms with E-state index in [-0.39, 0.29) is 12.6 Å². The third kappa shape index (κ3) is 6.56. The summed E-state index contributed by atoms with van der Waals surface area (Å²) in [6.45, 7) is 1.34. The number of ether oxygens (including phenoxy) is 2. The van der Waals surface area contributed by atoms with Gasteiger partial charge in [-0.2, -0.15) is 0 Å². The molecule has 2 aromatic carbocycles. The third-order valence-electron chi connectivity index (χ3n) is 4.38. The summed E-state index contributed by atoms with van der Waals surface area (Å²) in [6, 6.07) is 21.2. The minimum absolute atomic E-state index is 0.194. The predicted molar refractivity (Wildman–Crippen MR) is 120 cm³/mol. The van der Waals surface area contributed by atoms with Crippen LogP contribution < -0.4 is 10.1 Å². The molecule has 1 aromatic heterocycles. The van der Waals surface area contributed by atoms with Crippen LogP contribution in [0.4, 0.5) is 0 Å². The molecular weight excluding hydrogens is 398 g/mol. The van der Waals surface area contributed by atoms with E-state index in [0.717, 1.165) is 10.4 Å². The van der Waals surface area contributed by atoms with Crippen molar-refractivity contribution >= 4 is 29.0 Å². The average Bonchev–Trinajstić information content (AvgIpc) is 3.31. The second-order valence-electron chi connectivity index (χ2n) is 6.68. The molecule has 0 spiro atoms. The van der Waals surface area contributed by atoms with Crippen molar-refractivity contribution in [2.75, 3.05) is 20.3 Å². The molecule has 1 unspecified atom stereocenters. The van der Waals surface area contributed by atoms with Gasteiger partial charge in [-0.15, -0.1) is 11.3 Å². The van der Waals surface area contributed by atoms with Crippen molar-refractivity contribution in [3.05, 3.63) is 88.1 Å². The Kier molecular flexibility index (Phi) is 8.20. The number of carbonyl (C=O) groups is 1. The number of aliphatic hydroxyl groups is 1. The van der Waals surface area contributed by atoms with Gasteiger partial charge in [-0.05, 0) is 40.8 Å². The Balaban J connectivity index is 1.50. The Hall–Kier alpha value is -2.93. The topological polar surface area (TPSA) is 67.8 Å². The maximum absolute atomic E-state index is 12.1. The van der Waals surface area contributed by atoms with Gasteiger partial charge in [0.05, 0.1) is 12.7 Å². The highest BCUT2D eigenvalue weighted by molar-refractivity contribution is 7.11. The molecule has 3 aromatic rings. The molecule has 0 aliphatic carbocycles. The Bertz CT molecular complexity index is 937. The zero-order valence-electron chi connectivity index (χ0n) is 16.8. The predicted octanol–water partition coefficient (Wildman–Crippen LogP) is 3.99. The van der Waals surface area contributed by atoms with E-state index in [1.807, 2.05) is 72.1 Å². The standard InChI is InChI=1S/C24H25NO4S/c1-28-24(27)22(23-8-5-13-30-23)14-18-9-11-21(12-10-18)29-17-20(26)16-25-15-19-6-3-2-4-7-19/h2-14,20,25-26H,15-17H2,1H3/b22-14+. The number of aliphatic hydroxyl groups excluding tert-OH is 1. The summed E-state index contributed by atoms with van der Waals surface area (Å²) in [5, 5.41) is 15.2. The van der Waals surface area contributed by atoms with Gasteiger partial charge in [-0.1, -0.05) is 48.5 Å². The monoisotopic (exact) mass is 423 g/mol. The molecule has 0 saturated carbocycles. The minimum atomic E-state index is -0.613. The Morgan fingerprint density at radius 2 is 1.87 bits per heavy atom. The van der Waals surface area contributed by atoms with Gasteiger partial charge in [0.1, 0.15) is 18.5 Å². The molecule has 0 aliphatic heterocycles. The van der Waals surface area contributed by atoms with Crippen molar-refractivity contribution < 1.29 is 19.4 Å². The van der Waals surface area contributed by atoms with Crippen LogP contribution in [0.3, 0.4) is 0 Å². The normalized spacial score (nSPS) is 12.4. The van der Waals surface area contributed by atoms with E-state index < -0.39 is 6.10 Å². The number of thiophene rings is 1. The highest BCUT2D eigenvalue weighted by atomic mass is 32.1. The molecule has 5 nitrogen and oxygen atoms in total. The fourth-order valence-corrected chi connectivity index (χ4v) is 3.56. The molecule has 1 atom stereocenters. The quantitative estimate of drug-likeness (QED) is 0.381. The maximum atomic E-state index is 12.1. The van der Waals surface area contributed by atoms with Crippen LogP contribution in [-0.4, -0.2) is 37.4 Å². The zero-order valence-corrected chi connectivity index (χ0v) is 17.6. The van der Waals surface area contributed by atoms with Gasteiger partial charge in [0.25, 0.3) is 0 Å². The number of hydrogen-bond acceptors (Lipinski definition) is 6. The first-order chi connectivity index (χ1) is 14.7. The molecule has 0 amide bonds. The molecule has 0 saturated heterocycles. The van der Waals surface area contributed by atoms with Crippen molar-refractivity contribution in [2.24, 2.45) is 0 Å². The lowest BCUT2D eigenvalue weighted by Crippen LogP contribution is -2.31. The van der Waals surface area contributed by atoms with Gasteiger partial charge >= 0.3 is 5.97 Å². The molecule has 3 rings (SSSR count). The lowest BCUT2D eigenvalue weighted by Gasteiger charge is -2.13. The molecule has 30 heavy (non-hydrogen) atoms. The number of hydrogen-bond donors (Lipinski definition) is 2. The second-order valence-corrected chi connectivity index (χ2v) is 7.62. The smallest absolute Gasteiger partial charge is 0.339 e. The number of esters is 1. The Morgan fingerprint density at radius 1 is 1.10 bits per heavy atom. The molecule has 1 heterocycles. The van der Waals surface area contributed by atoms with Gasteiger partial charge < -0.3 is 19.9 Å². The molecule has 2 N–H and O–H groups in total. The van der Waals surface area contributed by atoms with Gasteiger partial charge in [0.15, 0.2) is 0 Å². The van der Waals surface area contributed by atoms with E-state index in [4.69, 9.17) is 9.47 Å². The lowest BCUT2D eigenvalue weighted by atomic mass is 10.1. The van der Waals surface area contributed by atoms with Crippen LogP contribution in [0.5, 0.6) is 5.75 Å². The van der Waals surface area contributed by atoms with Crippen molar-refractivity contribution in [3.63, 3.8) is 0 Å². The molecule has 156 valence electrons. The van der Waals surface area contributed by atoms with Gasteiger partial charge in [0, 0.05) is 18.0 Å². The summed E-state index contributed by atoms with van der Waals surface area (Å²) in [6.07, 6.45) is 1.18. The highest BCUT2D eigenvalue weighted by Crippen LogP contribution is 2.25. The van der Waals surface area contributed by atoms with E-state index in [0.29, 0.717) is 24.4 Å². The highest BCUT2D eigenvalue weighted by Gasteiger charge is 2.13. The van der Waals surface area contributed by atoms with Crippen molar-refractivity contribution in [1.82, 2.24) is 5.32 Å². The summed E-state index contributed by atoms with van der Waals surface area (Å²) in [5.41, 5.74) is 2.55. The van der Waals surface area contributed by atoms with Crippen LogP contribution in [0, 0.1) is 0 Å². The number of methoxy groups -OCH3 is 1. The molecule has 0 bridgehead atoms. The first-order valence-corrected chi connectivity index (χ1v) is 10.5. The van der Waals surface area contributed by atoms with Gasteiger partial charge in [0.2, 0.25) is 0 Å². The van der Waals surface area contributed by atoms with E-state index in [1.54, 1.807) is 6.08 Å². The largest absolute Gasteiger partial charge is 0.491 e. The van der Waals surface area contributed by atoms with E-state index in [9.17, 15) is 9.90 Å². The van der Waals surface area contributed by atoms with E-state index in [1.165, 1.54) is 24.0 Å². The molecule has 0 aliphatic rings. The second kappa shape index (κ2) is 11.3. The lowest BCUT2D eigenvalue weighted by molar-refractivity contribution is -0.133. The van der Waals surface area contributed by atoms with E-state index >= 15 is 0 Å². The minimum Gasteiger partial charge on any atom is -0.491 e. The van der Waals surface area contributed by atoms with Gasteiger partial charge in [-0.25, -0.2) is 4.79 Å². The summed E-state index contributed by atoms with van der Waals surface area (Å²) in [7, 11) is 1.38. The molecular formula is C24H25NO4S. The number of rotatable bonds is 10. The van der Waals surface area contributed by atoms with Crippen molar-refractivity contribution in [3.8, 4) is 5.75 Å². The fourth-order valence-electron chi connectivity index (χ4n) is 2.83. The van der Waals surface area contributed by atoms with Crippen LogP contribution in [-0.2, 0) is 16.1 Å². The Labute approximate surface area is 180 Å². The SMILES string of the molecule is COC(=O)/C(=C/c1ccc(OCC(O)CNCc2ccccc2)cc1)c1cccs1. The van der Waals surface area contributed by atoms with Crippen LogP contribution in [0.1, 0.15) is 16.0 Å². The average molecular weight is 424 g/mol. The van der Waals surface area contributed by atoms with Crippen LogP contribution in [0.2, 0.25) is 0 Å². The third-order valence-corrected chi connectivity index (χ3v) is 5.28. The zero-order chi connectivity index (χ0) is 21.2. The molecule has 0 radical (unpaired) electrons. The number of benzene rings is 2. The summed E-state index contributed by atoms with van der Waals surface area (Å²) in [5.74, 6) is 0.286. The van der Waals surface area contributed by atoms with Crippen LogP contribution in [0.15, 0.2) is 72.1 Å². The first-order valence-electron chi connectivity index (χ1n) is 9.65. The number of carbonyl (C=O) groups excluding carboxylic acids is 1. The summed E-state index contributed by atoms with van der Waals surface area (Å²) in [4.78, 5) is 12.9. The first kappa shape index (κ1) is 21.8. The molecule has 0 fully saturated rings. The van der Waals surface area contributed by atoms with Crippen molar-refractivity contribution in [1.29, 1.82) is 0 Å². The summed E-state index contributed by atoms with van der Waals surface area (Å²) >= 11 is 1.49. The number of nitrogens with one attached hydrogen (secondary N) is 1. The van der Waals surface area contributed by atoms with Crippen LogP contribution in [0.25, 0.3) is 11.6 Å². The molecule has 6 heteroatoms. The van der Waals surface area contributed by atoms with Crippen molar-refractivity contribution in [2.45, 2.75) is 12.6 Å². The van der Waals surface area contributed by atoms with Crippen LogP contribution >= 0.6 is 11.3 Å². The van der Waals surface area contributed by atoms with Gasteiger partial charge in [-0.3, -0.25) is 0 Å². The van der Waals surface area contributed by atoms with E-state index in [2.05, 4.69) is 5.32 Å². The fraction of sp³-hybridized carbons (Fsp3) is 0.208. The Morgan fingerprint density at radius 3 is 2.53 bits per heavy atom. The summed E-state index contributed by atoms with van der Waals surface area (Å²) < 4.78 is 10.6.